The Labute approximate surface area is 133 Å². The van der Waals surface area contributed by atoms with Crippen LogP contribution in [-0.2, 0) is 19.1 Å². The fourth-order valence-electron chi connectivity index (χ4n) is 1.27. The van der Waals surface area contributed by atoms with Gasteiger partial charge in [0.25, 0.3) is 0 Å². The largest absolute Gasteiger partial charge is 0.478 e. The van der Waals surface area contributed by atoms with E-state index in [1.807, 2.05) is 0 Å². The number of hydrogen-bond donors (Lipinski definition) is 3. The van der Waals surface area contributed by atoms with Gasteiger partial charge in [-0.05, 0) is 24.3 Å². The third kappa shape index (κ3) is 4.87. The Balaban J connectivity index is 3.02. The van der Waals surface area contributed by atoms with Crippen LogP contribution in [0.25, 0.3) is 0 Å². The highest BCUT2D eigenvalue weighted by Gasteiger charge is 2.17. The SMILES string of the molecule is O=C/C(=C\C=C(\OC(=O)c1ccc(C(=O)O)cn1)C(=O)O)C(=O)O. The van der Waals surface area contributed by atoms with Gasteiger partial charge in [0.15, 0.2) is 6.29 Å². The number of carboxylic acid groups (broad SMARTS) is 3. The summed E-state index contributed by atoms with van der Waals surface area (Å²) in [6.07, 6.45) is 2.11. The molecule has 0 aliphatic carbocycles. The van der Waals surface area contributed by atoms with E-state index in [0.717, 1.165) is 18.3 Å². The minimum Gasteiger partial charge on any atom is -0.478 e. The number of aldehydes is 1. The predicted octanol–water partition coefficient (Wildman–Crippen LogP) is 0.115. The van der Waals surface area contributed by atoms with Crippen LogP contribution in [0.15, 0.2) is 41.8 Å². The molecule has 0 fully saturated rings. The number of carbonyl (C=O) groups is 5. The van der Waals surface area contributed by atoms with Gasteiger partial charge in [-0.2, -0.15) is 0 Å². The molecule has 0 saturated carbocycles. The molecule has 10 nitrogen and oxygen atoms in total. The molecule has 0 saturated heterocycles. The maximum absolute atomic E-state index is 11.7. The van der Waals surface area contributed by atoms with Crippen molar-refractivity contribution in [3.63, 3.8) is 0 Å². The summed E-state index contributed by atoms with van der Waals surface area (Å²) in [5, 5.41) is 26.2. The lowest BCUT2D eigenvalue weighted by molar-refractivity contribution is -0.136. The fourth-order valence-corrected chi connectivity index (χ4v) is 1.27. The third-order valence-corrected chi connectivity index (χ3v) is 2.42. The van der Waals surface area contributed by atoms with E-state index < -0.39 is 35.2 Å². The average Bonchev–Trinajstić information content (AvgIpc) is 2.53. The molecule has 0 aliphatic heterocycles. The number of allylic oxidation sites excluding steroid dienone is 2. The summed E-state index contributed by atoms with van der Waals surface area (Å²) in [4.78, 5) is 58.0. The van der Waals surface area contributed by atoms with Crippen LogP contribution < -0.4 is 0 Å². The minimum atomic E-state index is -1.70. The van der Waals surface area contributed by atoms with E-state index in [0.29, 0.717) is 12.2 Å². The summed E-state index contributed by atoms with van der Waals surface area (Å²) in [6.45, 7) is 0. The van der Waals surface area contributed by atoms with E-state index in [1.54, 1.807) is 0 Å². The van der Waals surface area contributed by atoms with Crippen LogP contribution in [0.4, 0.5) is 0 Å². The van der Waals surface area contributed by atoms with E-state index in [2.05, 4.69) is 9.72 Å². The van der Waals surface area contributed by atoms with Crippen molar-refractivity contribution < 1.29 is 44.0 Å². The molecular formula is C14H9NO9. The number of carbonyl (C=O) groups excluding carboxylic acids is 2. The Morgan fingerprint density at radius 1 is 1.00 bits per heavy atom. The molecular weight excluding hydrogens is 326 g/mol. The van der Waals surface area contributed by atoms with Crippen LogP contribution in [0.3, 0.4) is 0 Å². The molecule has 3 N–H and O–H groups in total. The van der Waals surface area contributed by atoms with Crippen molar-refractivity contribution in [1.29, 1.82) is 0 Å². The molecule has 0 bridgehead atoms. The number of aliphatic carboxylic acids is 2. The van der Waals surface area contributed by atoms with Gasteiger partial charge in [-0.15, -0.1) is 0 Å². The number of pyridine rings is 1. The predicted molar refractivity (Wildman–Crippen MR) is 74.1 cm³/mol. The molecule has 0 unspecified atom stereocenters. The van der Waals surface area contributed by atoms with E-state index in [1.165, 1.54) is 0 Å². The van der Waals surface area contributed by atoms with Crippen LogP contribution in [0, 0.1) is 0 Å². The van der Waals surface area contributed by atoms with E-state index in [-0.39, 0.29) is 17.5 Å². The Morgan fingerprint density at radius 3 is 2.08 bits per heavy atom. The molecule has 0 aromatic carbocycles. The molecule has 0 spiro atoms. The van der Waals surface area contributed by atoms with Gasteiger partial charge in [0.2, 0.25) is 5.76 Å². The second-order valence-electron chi connectivity index (χ2n) is 4.01. The zero-order chi connectivity index (χ0) is 18.3. The normalized spacial score (nSPS) is 11.5. The third-order valence-electron chi connectivity index (χ3n) is 2.42. The van der Waals surface area contributed by atoms with Crippen molar-refractivity contribution in [3.8, 4) is 0 Å². The summed E-state index contributed by atoms with van der Waals surface area (Å²) >= 11 is 0. The highest BCUT2D eigenvalue weighted by Crippen LogP contribution is 2.07. The monoisotopic (exact) mass is 335 g/mol. The molecule has 0 amide bonds. The number of aromatic nitrogens is 1. The minimum absolute atomic E-state index is 0.0215. The standard InChI is InChI=1S/C14H9NO9/c16-6-8(12(19)20)2-4-10(13(21)22)24-14(23)9-3-1-7(5-15-9)11(17)18/h1-6H,(H,17,18)(H,19,20)(H,21,22)/b8-2+,10-4+. The second kappa shape index (κ2) is 7.98. The Kier molecular flexibility index (Phi) is 6.06. The molecule has 1 rings (SSSR count). The van der Waals surface area contributed by atoms with Crippen molar-refractivity contribution in [3.05, 3.63) is 53.1 Å². The van der Waals surface area contributed by atoms with Gasteiger partial charge in [0.1, 0.15) is 5.69 Å². The van der Waals surface area contributed by atoms with Crippen LogP contribution in [0.1, 0.15) is 20.8 Å². The van der Waals surface area contributed by atoms with Crippen LogP contribution in [-0.4, -0.2) is 50.5 Å². The lowest BCUT2D eigenvalue weighted by Gasteiger charge is -2.04. The van der Waals surface area contributed by atoms with Gasteiger partial charge >= 0.3 is 23.9 Å². The average molecular weight is 335 g/mol. The van der Waals surface area contributed by atoms with E-state index in [9.17, 15) is 24.0 Å². The molecule has 24 heavy (non-hydrogen) atoms. The Hall–Kier alpha value is -3.82. The molecule has 124 valence electrons. The van der Waals surface area contributed by atoms with Gasteiger partial charge in [-0.1, -0.05) is 0 Å². The molecule has 1 heterocycles. The molecule has 0 radical (unpaired) electrons. The number of rotatable bonds is 7. The van der Waals surface area contributed by atoms with Gasteiger partial charge in [0.05, 0.1) is 11.1 Å². The van der Waals surface area contributed by atoms with Gasteiger partial charge < -0.3 is 20.1 Å². The summed E-state index contributed by atoms with van der Waals surface area (Å²) in [5.74, 6) is -6.73. The maximum Gasteiger partial charge on any atom is 0.371 e. The van der Waals surface area contributed by atoms with Crippen molar-refractivity contribution in [2.24, 2.45) is 0 Å². The number of ether oxygens (including phenoxy) is 1. The van der Waals surface area contributed by atoms with Gasteiger partial charge in [0, 0.05) is 6.20 Å². The zero-order valence-corrected chi connectivity index (χ0v) is 11.7. The first kappa shape index (κ1) is 18.2. The Bertz CT molecular complexity index is 759. The maximum atomic E-state index is 11.7. The van der Waals surface area contributed by atoms with Gasteiger partial charge in [-0.25, -0.2) is 24.2 Å². The first-order valence-electron chi connectivity index (χ1n) is 6.01. The van der Waals surface area contributed by atoms with Crippen molar-refractivity contribution >= 4 is 30.2 Å². The first-order chi connectivity index (χ1) is 11.3. The lowest BCUT2D eigenvalue weighted by Crippen LogP contribution is -2.13. The topological polar surface area (TPSA) is 168 Å². The van der Waals surface area contributed by atoms with Crippen molar-refractivity contribution in [1.82, 2.24) is 4.98 Å². The quantitative estimate of drug-likeness (QED) is 0.118. The number of hydrogen-bond acceptors (Lipinski definition) is 7. The highest BCUT2D eigenvalue weighted by atomic mass is 16.6. The molecule has 0 aliphatic rings. The summed E-state index contributed by atoms with van der Waals surface area (Å²) in [5.41, 5.74) is -1.32. The number of aromatic carboxylic acids is 1. The smallest absolute Gasteiger partial charge is 0.371 e. The second-order valence-corrected chi connectivity index (χ2v) is 4.01. The summed E-state index contributed by atoms with van der Waals surface area (Å²) in [6, 6.07) is 2.07. The summed E-state index contributed by atoms with van der Waals surface area (Å²) < 4.78 is 4.53. The van der Waals surface area contributed by atoms with Gasteiger partial charge in [-0.3, -0.25) is 4.79 Å². The molecule has 10 heteroatoms. The number of carboxylic acids is 3. The van der Waals surface area contributed by atoms with E-state index >= 15 is 0 Å². The molecule has 1 aromatic heterocycles. The molecule has 0 atom stereocenters. The fraction of sp³-hybridized carbons (Fsp3) is 0. The van der Waals surface area contributed by atoms with E-state index in [4.69, 9.17) is 15.3 Å². The summed E-state index contributed by atoms with van der Waals surface area (Å²) in [7, 11) is 0. The lowest BCUT2D eigenvalue weighted by atomic mass is 10.2. The van der Waals surface area contributed by atoms with Crippen LogP contribution >= 0.6 is 0 Å². The molecule has 1 aromatic rings. The highest BCUT2D eigenvalue weighted by molar-refractivity contribution is 6.07. The van der Waals surface area contributed by atoms with Crippen molar-refractivity contribution in [2.75, 3.05) is 0 Å². The van der Waals surface area contributed by atoms with Crippen molar-refractivity contribution in [2.45, 2.75) is 0 Å². The number of esters is 1. The van der Waals surface area contributed by atoms with Crippen LogP contribution in [0.2, 0.25) is 0 Å². The Morgan fingerprint density at radius 2 is 1.67 bits per heavy atom. The van der Waals surface area contributed by atoms with Crippen LogP contribution in [0.5, 0.6) is 0 Å². The first-order valence-corrected chi connectivity index (χ1v) is 6.01. The number of nitrogens with zero attached hydrogens (tertiary/aromatic N) is 1. The zero-order valence-electron chi connectivity index (χ0n) is 11.7.